The van der Waals surface area contributed by atoms with Crippen LogP contribution in [0.15, 0.2) is 47.0 Å². The highest BCUT2D eigenvalue weighted by molar-refractivity contribution is 8.01. The number of allylic oxidation sites excluding steroid dienone is 2. The van der Waals surface area contributed by atoms with Crippen LogP contribution in [0.1, 0.15) is 44.4 Å². The molecule has 5 heteroatoms. The number of ketones is 1. The van der Waals surface area contributed by atoms with Gasteiger partial charge in [-0.1, -0.05) is 12.5 Å². The summed E-state index contributed by atoms with van der Waals surface area (Å²) < 4.78 is 15.2. The fraction of sp³-hybridized carbons (Fsp3) is 0.391. The second kappa shape index (κ2) is 7.36. The Morgan fingerprint density at radius 2 is 2.11 bits per heavy atom. The number of thioether (sulfide) groups is 1. The van der Waals surface area contributed by atoms with E-state index >= 15 is 0 Å². The molecule has 28 heavy (non-hydrogen) atoms. The molecule has 0 aliphatic heterocycles. The van der Waals surface area contributed by atoms with Crippen molar-refractivity contribution in [3.05, 3.63) is 64.1 Å². The Kier molecular flexibility index (Phi) is 5.04. The summed E-state index contributed by atoms with van der Waals surface area (Å²) in [6.07, 6.45) is 9.91. The second-order valence-corrected chi connectivity index (χ2v) is 8.76. The molecule has 2 aromatic rings. The van der Waals surface area contributed by atoms with Crippen molar-refractivity contribution in [2.75, 3.05) is 6.26 Å². The normalized spacial score (nSPS) is 24.4. The van der Waals surface area contributed by atoms with Crippen LogP contribution in [0.25, 0.3) is 11.8 Å². The van der Waals surface area contributed by atoms with E-state index in [9.17, 15) is 9.18 Å². The molecule has 1 saturated carbocycles. The number of aromatic nitrogens is 2. The van der Waals surface area contributed by atoms with E-state index in [4.69, 9.17) is 0 Å². The SMILES string of the molecule is CS/C=C(\C)C(=O)C1CCCC2=Cc3c(cnn3-c3ccc(F)cc3)CC21C. The van der Waals surface area contributed by atoms with Gasteiger partial charge in [0.2, 0.25) is 0 Å². The van der Waals surface area contributed by atoms with Gasteiger partial charge in [-0.25, -0.2) is 9.07 Å². The maximum absolute atomic E-state index is 13.3. The zero-order chi connectivity index (χ0) is 19.9. The van der Waals surface area contributed by atoms with E-state index in [1.54, 1.807) is 23.9 Å². The van der Waals surface area contributed by atoms with E-state index in [0.29, 0.717) is 0 Å². The van der Waals surface area contributed by atoms with Gasteiger partial charge in [-0.15, -0.1) is 11.8 Å². The van der Waals surface area contributed by atoms with E-state index in [0.717, 1.165) is 48.2 Å². The van der Waals surface area contributed by atoms with Crippen LogP contribution in [0.2, 0.25) is 0 Å². The zero-order valence-electron chi connectivity index (χ0n) is 16.5. The third kappa shape index (κ3) is 3.16. The molecule has 1 fully saturated rings. The summed E-state index contributed by atoms with van der Waals surface area (Å²) >= 11 is 1.58. The number of halogens is 1. The number of nitrogens with zero attached hydrogens (tertiary/aromatic N) is 2. The Labute approximate surface area is 169 Å². The Bertz CT molecular complexity index is 973. The van der Waals surface area contributed by atoms with Gasteiger partial charge in [0.25, 0.3) is 0 Å². The minimum Gasteiger partial charge on any atom is -0.294 e. The molecule has 0 N–H and O–H groups in total. The van der Waals surface area contributed by atoms with Gasteiger partial charge in [0.1, 0.15) is 5.82 Å². The van der Waals surface area contributed by atoms with E-state index < -0.39 is 0 Å². The van der Waals surface area contributed by atoms with Crippen molar-refractivity contribution < 1.29 is 9.18 Å². The van der Waals surface area contributed by atoms with Crippen LogP contribution in [-0.4, -0.2) is 21.8 Å². The smallest absolute Gasteiger partial charge is 0.163 e. The van der Waals surface area contributed by atoms with Crippen LogP contribution in [0.4, 0.5) is 4.39 Å². The first-order valence-corrected chi connectivity index (χ1v) is 11.0. The van der Waals surface area contributed by atoms with Crippen LogP contribution < -0.4 is 0 Å². The van der Waals surface area contributed by atoms with Gasteiger partial charge in [-0.2, -0.15) is 5.10 Å². The van der Waals surface area contributed by atoms with Crippen LogP contribution in [0, 0.1) is 17.2 Å². The summed E-state index contributed by atoms with van der Waals surface area (Å²) in [6.45, 7) is 4.17. The molecule has 2 aliphatic rings. The molecular weight excluding hydrogens is 371 g/mol. The van der Waals surface area contributed by atoms with Crippen molar-refractivity contribution in [3.63, 3.8) is 0 Å². The highest BCUT2D eigenvalue weighted by Gasteiger charge is 2.46. The molecule has 0 spiro atoms. The molecule has 0 radical (unpaired) electrons. The summed E-state index contributed by atoms with van der Waals surface area (Å²) in [4.78, 5) is 13.2. The molecule has 2 atom stereocenters. The van der Waals surface area contributed by atoms with Gasteiger partial charge >= 0.3 is 0 Å². The molecule has 4 rings (SSSR count). The lowest BCUT2D eigenvalue weighted by molar-refractivity contribution is -0.123. The van der Waals surface area contributed by atoms with Crippen LogP contribution in [-0.2, 0) is 11.2 Å². The molecule has 3 nitrogen and oxygen atoms in total. The molecule has 2 unspecified atom stereocenters. The highest BCUT2D eigenvalue weighted by atomic mass is 32.2. The first-order valence-electron chi connectivity index (χ1n) is 9.71. The monoisotopic (exact) mass is 396 g/mol. The predicted molar refractivity (Wildman–Crippen MR) is 113 cm³/mol. The summed E-state index contributed by atoms with van der Waals surface area (Å²) in [5, 5.41) is 6.53. The maximum Gasteiger partial charge on any atom is 0.163 e. The molecule has 1 heterocycles. The molecule has 0 amide bonds. The number of carbonyl (C=O) groups is 1. The van der Waals surface area contributed by atoms with E-state index in [-0.39, 0.29) is 22.9 Å². The Balaban J connectivity index is 1.73. The van der Waals surface area contributed by atoms with Gasteiger partial charge in [-0.3, -0.25) is 4.79 Å². The summed E-state index contributed by atoms with van der Waals surface area (Å²) in [6, 6.07) is 6.41. The minimum absolute atomic E-state index is 0.0122. The largest absolute Gasteiger partial charge is 0.294 e. The lowest BCUT2D eigenvalue weighted by Crippen LogP contribution is -2.41. The number of Topliss-reactive ketones (excluding diaryl/α,β-unsaturated/α-hetero) is 1. The Morgan fingerprint density at radius 3 is 2.82 bits per heavy atom. The lowest BCUT2D eigenvalue weighted by atomic mass is 9.58. The molecule has 2 aliphatic carbocycles. The summed E-state index contributed by atoms with van der Waals surface area (Å²) in [5.41, 5.74) is 5.10. The quantitative estimate of drug-likeness (QED) is 0.632. The molecule has 1 aromatic carbocycles. The maximum atomic E-state index is 13.3. The van der Waals surface area contributed by atoms with E-state index in [1.165, 1.54) is 17.7 Å². The van der Waals surface area contributed by atoms with Crippen LogP contribution in [0.5, 0.6) is 0 Å². The highest BCUT2D eigenvalue weighted by Crippen LogP contribution is 2.52. The van der Waals surface area contributed by atoms with E-state index in [2.05, 4.69) is 18.1 Å². The number of fused-ring (bicyclic) bond motifs is 2. The topological polar surface area (TPSA) is 34.9 Å². The summed E-state index contributed by atoms with van der Waals surface area (Å²) in [5.74, 6) is 0.0352. The first kappa shape index (κ1) is 19.2. The van der Waals surface area contributed by atoms with Crippen molar-refractivity contribution >= 4 is 23.6 Å². The second-order valence-electron chi connectivity index (χ2n) is 8.05. The number of benzene rings is 1. The number of carbonyl (C=O) groups excluding carboxylic acids is 1. The molecule has 0 bridgehead atoms. The standard InChI is InChI=1S/C23H25FN2OS/c1-15(14-28-3)22(27)20-6-4-5-17-11-21-16(12-23(17,20)2)13-25-26(21)19-9-7-18(24)8-10-19/h7-11,13-14,20H,4-6,12H2,1-3H3/b15-14+. The molecule has 1 aromatic heterocycles. The zero-order valence-corrected chi connectivity index (χ0v) is 17.4. The number of rotatable bonds is 4. The third-order valence-corrected chi connectivity index (χ3v) is 6.86. The molecular formula is C23H25FN2OS. The van der Waals surface area contributed by atoms with E-state index in [1.807, 2.05) is 29.5 Å². The lowest BCUT2D eigenvalue weighted by Gasteiger charge is -2.45. The number of hydrogen-bond acceptors (Lipinski definition) is 3. The third-order valence-electron chi connectivity index (χ3n) is 6.27. The van der Waals surface area contributed by atoms with Crippen molar-refractivity contribution in [1.82, 2.24) is 9.78 Å². The van der Waals surface area contributed by atoms with Gasteiger partial charge in [0.05, 0.1) is 17.6 Å². The fourth-order valence-electron chi connectivity index (χ4n) is 4.76. The van der Waals surface area contributed by atoms with Gasteiger partial charge in [-0.05, 0) is 85.7 Å². The fourth-order valence-corrected chi connectivity index (χ4v) is 5.23. The Hall–Kier alpha value is -2.14. The van der Waals surface area contributed by atoms with Gasteiger partial charge in [0.15, 0.2) is 5.78 Å². The van der Waals surface area contributed by atoms with Crippen LogP contribution in [0.3, 0.4) is 0 Å². The van der Waals surface area contributed by atoms with Crippen molar-refractivity contribution in [3.8, 4) is 5.69 Å². The molecule has 0 saturated heterocycles. The summed E-state index contributed by atoms with van der Waals surface area (Å²) in [7, 11) is 0. The van der Waals surface area contributed by atoms with Crippen molar-refractivity contribution in [2.24, 2.45) is 11.3 Å². The molecule has 146 valence electrons. The first-order chi connectivity index (χ1) is 13.4. The van der Waals surface area contributed by atoms with Gasteiger partial charge < -0.3 is 0 Å². The average molecular weight is 397 g/mol. The minimum atomic E-state index is -0.252. The number of hydrogen-bond donors (Lipinski definition) is 0. The van der Waals surface area contributed by atoms with Crippen LogP contribution >= 0.6 is 11.8 Å². The predicted octanol–water partition coefficient (Wildman–Crippen LogP) is 5.59. The van der Waals surface area contributed by atoms with Crippen molar-refractivity contribution in [2.45, 2.75) is 39.5 Å². The Morgan fingerprint density at radius 1 is 1.36 bits per heavy atom. The van der Waals surface area contributed by atoms with Gasteiger partial charge in [0, 0.05) is 11.3 Å². The van der Waals surface area contributed by atoms with Crippen molar-refractivity contribution in [1.29, 1.82) is 0 Å². The average Bonchev–Trinajstić information content (AvgIpc) is 3.07.